The van der Waals surface area contributed by atoms with Crippen LogP contribution >= 0.6 is 0 Å². The maximum atomic E-state index is 13.6. The van der Waals surface area contributed by atoms with Crippen molar-refractivity contribution in [3.63, 3.8) is 0 Å². The molecule has 0 heterocycles. The lowest BCUT2D eigenvalue weighted by molar-refractivity contribution is 0.181. The van der Waals surface area contributed by atoms with Gasteiger partial charge in [-0.3, -0.25) is 0 Å². The van der Waals surface area contributed by atoms with Gasteiger partial charge in [0.1, 0.15) is 5.82 Å². The highest BCUT2D eigenvalue weighted by Crippen LogP contribution is 2.17. The van der Waals surface area contributed by atoms with E-state index >= 15 is 0 Å². The highest BCUT2D eigenvalue weighted by Gasteiger charge is 2.14. The van der Waals surface area contributed by atoms with Gasteiger partial charge < -0.3 is 15.4 Å². The fourth-order valence-corrected chi connectivity index (χ4v) is 2.92. The van der Waals surface area contributed by atoms with Crippen LogP contribution in [-0.4, -0.2) is 25.7 Å². The molecule has 23 heavy (non-hydrogen) atoms. The predicted octanol–water partition coefficient (Wildman–Crippen LogP) is 3.36. The van der Waals surface area contributed by atoms with Crippen molar-refractivity contribution in [3.8, 4) is 0 Å². The van der Waals surface area contributed by atoms with Gasteiger partial charge in [-0.2, -0.15) is 0 Å². The molecule has 0 radical (unpaired) electrons. The Morgan fingerprint density at radius 3 is 2.78 bits per heavy atom. The molecule has 1 aromatic rings. The number of rotatable bonds is 6. The molecule has 1 aromatic carbocycles. The van der Waals surface area contributed by atoms with Crippen LogP contribution in [0.3, 0.4) is 0 Å². The molecule has 1 aliphatic carbocycles. The molecule has 0 unspecified atom stereocenters. The van der Waals surface area contributed by atoms with Crippen molar-refractivity contribution in [2.45, 2.75) is 58.2 Å². The minimum absolute atomic E-state index is 0.230. The van der Waals surface area contributed by atoms with E-state index in [4.69, 9.17) is 4.74 Å². The zero-order valence-corrected chi connectivity index (χ0v) is 14.2. The van der Waals surface area contributed by atoms with Gasteiger partial charge in [-0.25, -0.2) is 9.38 Å². The Kier molecular flexibility index (Phi) is 7.33. The van der Waals surface area contributed by atoms with Gasteiger partial charge in [-0.05, 0) is 37.5 Å². The molecule has 5 heteroatoms. The zero-order chi connectivity index (χ0) is 16.5. The third-order valence-electron chi connectivity index (χ3n) is 4.12. The number of hydrogen-bond acceptors (Lipinski definition) is 2. The lowest BCUT2D eigenvalue weighted by Gasteiger charge is -2.24. The number of aliphatic imine (C=N–C) groups is 1. The molecule has 0 spiro atoms. The third kappa shape index (κ3) is 5.82. The first-order valence-electron chi connectivity index (χ1n) is 8.54. The Morgan fingerprint density at radius 2 is 2.09 bits per heavy atom. The number of halogens is 1. The van der Waals surface area contributed by atoms with Crippen molar-refractivity contribution in [3.05, 3.63) is 35.1 Å². The van der Waals surface area contributed by atoms with Crippen molar-refractivity contribution in [1.29, 1.82) is 0 Å². The van der Waals surface area contributed by atoms with Crippen LogP contribution in [0.2, 0.25) is 0 Å². The zero-order valence-electron chi connectivity index (χ0n) is 14.2. The van der Waals surface area contributed by atoms with Gasteiger partial charge in [0.25, 0.3) is 0 Å². The molecule has 4 nitrogen and oxygen atoms in total. The van der Waals surface area contributed by atoms with Crippen LogP contribution in [0.5, 0.6) is 0 Å². The first-order valence-corrected chi connectivity index (χ1v) is 8.54. The van der Waals surface area contributed by atoms with Gasteiger partial charge in [0, 0.05) is 25.3 Å². The van der Waals surface area contributed by atoms with E-state index in [1.165, 1.54) is 38.2 Å². The van der Waals surface area contributed by atoms with Gasteiger partial charge in [0.2, 0.25) is 0 Å². The largest absolute Gasteiger partial charge is 0.380 e. The minimum Gasteiger partial charge on any atom is -0.380 e. The smallest absolute Gasteiger partial charge is 0.191 e. The SMILES string of the molecule is CCNC(=NCc1ccc(F)c(COC)c1)NC1CCCCC1. The number of methoxy groups -OCH3 is 1. The van der Waals surface area contributed by atoms with E-state index in [2.05, 4.69) is 22.5 Å². The summed E-state index contributed by atoms with van der Waals surface area (Å²) in [5, 5.41) is 6.81. The molecule has 128 valence electrons. The molecule has 0 bridgehead atoms. The molecule has 0 amide bonds. The summed E-state index contributed by atoms with van der Waals surface area (Å²) < 4.78 is 18.7. The summed E-state index contributed by atoms with van der Waals surface area (Å²) >= 11 is 0. The monoisotopic (exact) mass is 321 g/mol. The van der Waals surface area contributed by atoms with Crippen molar-refractivity contribution < 1.29 is 9.13 Å². The lowest BCUT2D eigenvalue weighted by Crippen LogP contribution is -2.44. The van der Waals surface area contributed by atoms with Gasteiger partial charge >= 0.3 is 0 Å². The average molecular weight is 321 g/mol. The predicted molar refractivity (Wildman–Crippen MR) is 91.9 cm³/mol. The Labute approximate surface area is 138 Å². The summed E-state index contributed by atoms with van der Waals surface area (Å²) in [5.41, 5.74) is 1.56. The number of benzene rings is 1. The maximum Gasteiger partial charge on any atom is 0.191 e. The van der Waals surface area contributed by atoms with Crippen LogP contribution in [-0.2, 0) is 17.9 Å². The molecule has 0 aliphatic heterocycles. The molecular weight excluding hydrogens is 293 g/mol. The van der Waals surface area contributed by atoms with Crippen LogP contribution in [0.15, 0.2) is 23.2 Å². The molecule has 0 saturated heterocycles. The fourth-order valence-electron chi connectivity index (χ4n) is 2.92. The molecule has 2 rings (SSSR count). The van der Waals surface area contributed by atoms with Crippen molar-refractivity contribution in [2.75, 3.05) is 13.7 Å². The van der Waals surface area contributed by atoms with Crippen LogP contribution in [0.1, 0.15) is 50.2 Å². The number of guanidine groups is 1. The molecule has 2 N–H and O–H groups in total. The second kappa shape index (κ2) is 9.50. The van der Waals surface area contributed by atoms with E-state index in [1.54, 1.807) is 13.2 Å². The van der Waals surface area contributed by atoms with Crippen molar-refractivity contribution in [2.24, 2.45) is 4.99 Å². The maximum absolute atomic E-state index is 13.6. The first-order chi connectivity index (χ1) is 11.2. The van der Waals surface area contributed by atoms with Crippen LogP contribution < -0.4 is 10.6 Å². The number of nitrogens with one attached hydrogen (secondary N) is 2. The van der Waals surface area contributed by atoms with E-state index in [9.17, 15) is 4.39 Å². The third-order valence-corrected chi connectivity index (χ3v) is 4.12. The summed E-state index contributed by atoms with van der Waals surface area (Å²) in [6.07, 6.45) is 6.33. The van der Waals surface area contributed by atoms with E-state index in [0.717, 1.165) is 18.1 Å². The van der Waals surface area contributed by atoms with Gasteiger partial charge in [0.15, 0.2) is 5.96 Å². The van der Waals surface area contributed by atoms with Gasteiger partial charge in [-0.1, -0.05) is 25.3 Å². The van der Waals surface area contributed by atoms with Crippen LogP contribution in [0.25, 0.3) is 0 Å². The Balaban J connectivity index is 2.00. The molecular formula is C18H28FN3O. The van der Waals surface area contributed by atoms with Gasteiger partial charge in [0.05, 0.1) is 13.2 Å². The Morgan fingerprint density at radius 1 is 1.30 bits per heavy atom. The van der Waals surface area contributed by atoms with E-state index in [-0.39, 0.29) is 12.4 Å². The fraction of sp³-hybridized carbons (Fsp3) is 0.611. The van der Waals surface area contributed by atoms with Crippen molar-refractivity contribution in [1.82, 2.24) is 10.6 Å². The molecule has 0 atom stereocenters. The van der Waals surface area contributed by atoms with Crippen LogP contribution in [0, 0.1) is 5.82 Å². The highest BCUT2D eigenvalue weighted by molar-refractivity contribution is 5.80. The summed E-state index contributed by atoms with van der Waals surface area (Å²) in [6, 6.07) is 5.61. The van der Waals surface area contributed by atoms with Gasteiger partial charge in [-0.15, -0.1) is 0 Å². The number of ether oxygens (including phenoxy) is 1. The van der Waals surface area contributed by atoms with Crippen LogP contribution in [0.4, 0.5) is 4.39 Å². The summed E-state index contributed by atoms with van der Waals surface area (Å²) in [4.78, 5) is 4.64. The molecule has 0 aromatic heterocycles. The van der Waals surface area contributed by atoms with Crippen molar-refractivity contribution >= 4 is 5.96 Å². The minimum atomic E-state index is -0.230. The second-order valence-corrected chi connectivity index (χ2v) is 6.03. The normalized spacial score (nSPS) is 16.4. The van der Waals surface area contributed by atoms with E-state index < -0.39 is 0 Å². The number of hydrogen-bond donors (Lipinski definition) is 2. The quantitative estimate of drug-likeness (QED) is 0.624. The highest BCUT2D eigenvalue weighted by atomic mass is 19.1. The molecule has 1 saturated carbocycles. The first kappa shape index (κ1) is 17.7. The molecule has 1 aliphatic rings. The molecule has 1 fully saturated rings. The topological polar surface area (TPSA) is 45.7 Å². The lowest BCUT2D eigenvalue weighted by atomic mass is 9.96. The standard InChI is InChI=1S/C18H28FN3O/c1-3-20-18(22-16-7-5-4-6-8-16)21-12-14-9-10-17(19)15(11-14)13-23-2/h9-11,16H,3-8,12-13H2,1-2H3,(H2,20,21,22). The Bertz CT molecular complexity index is 513. The summed E-state index contributed by atoms with van der Waals surface area (Å²) in [6.45, 7) is 3.70. The Hall–Kier alpha value is -1.62. The van der Waals surface area contributed by atoms with E-state index in [0.29, 0.717) is 18.2 Å². The summed E-state index contributed by atoms with van der Waals surface area (Å²) in [5.74, 6) is 0.615. The second-order valence-electron chi connectivity index (χ2n) is 6.03. The number of nitrogens with zero attached hydrogens (tertiary/aromatic N) is 1. The van der Waals surface area contributed by atoms with E-state index in [1.807, 2.05) is 6.07 Å². The summed E-state index contributed by atoms with van der Waals surface area (Å²) in [7, 11) is 1.57. The average Bonchev–Trinajstić information content (AvgIpc) is 2.57.